The van der Waals surface area contributed by atoms with E-state index in [0.29, 0.717) is 0 Å². The normalized spacial score (nSPS) is 13.6. The third-order valence-corrected chi connectivity index (χ3v) is 3.88. The van der Waals surface area contributed by atoms with Crippen LogP contribution in [0.3, 0.4) is 0 Å². The molecule has 1 aliphatic heterocycles. The van der Waals surface area contributed by atoms with Crippen LogP contribution in [-0.4, -0.2) is 51.9 Å². The number of methoxy groups -OCH3 is 1. The van der Waals surface area contributed by atoms with Gasteiger partial charge < -0.3 is 19.7 Å². The van der Waals surface area contributed by atoms with Crippen LogP contribution in [0, 0.1) is 0 Å². The fourth-order valence-electron chi connectivity index (χ4n) is 2.40. The van der Waals surface area contributed by atoms with Crippen molar-refractivity contribution >= 4 is 15.9 Å². The van der Waals surface area contributed by atoms with Crippen molar-refractivity contribution in [1.82, 2.24) is 10.2 Å². The van der Waals surface area contributed by atoms with Crippen LogP contribution in [0.25, 0.3) is 0 Å². The fourth-order valence-corrected chi connectivity index (χ4v) is 2.96. The number of halogens is 1. The summed E-state index contributed by atoms with van der Waals surface area (Å²) in [5, 5.41) is 3.36. The summed E-state index contributed by atoms with van der Waals surface area (Å²) in [5.74, 6) is 1.09. The van der Waals surface area contributed by atoms with Crippen molar-refractivity contribution in [3.05, 3.63) is 27.7 Å². The van der Waals surface area contributed by atoms with Crippen molar-refractivity contribution in [2.45, 2.75) is 13.0 Å². The summed E-state index contributed by atoms with van der Waals surface area (Å²) in [6, 6.07) is 4.33. The van der Waals surface area contributed by atoms with Crippen molar-refractivity contribution in [2.75, 3.05) is 47.0 Å². The van der Waals surface area contributed by atoms with Gasteiger partial charge in [0.15, 0.2) is 0 Å². The molecule has 0 fully saturated rings. The molecule has 0 saturated heterocycles. The van der Waals surface area contributed by atoms with Crippen LogP contribution in [0.15, 0.2) is 16.6 Å². The zero-order valence-electron chi connectivity index (χ0n) is 12.2. The molecule has 5 heteroatoms. The second-order valence-corrected chi connectivity index (χ2v) is 6.05. The Labute approximate surface area is 129 Å². The van der Waals surface area contributed by atoms with Gasteiger partial charge in [-0.1, -0.05) is 15.9 Å². The number of likely N-dealkylation sites (N-methyl/N-ethyl adjacent to an activating group) is 1. The summed E-state index contributed by atoms with van der Waals surface area (Å²) >= 11 is 3.59. The second kappa shape index (κ2) is 7.98. The number of fused-ring (bicyclic) bond motifs is 1. The molecule has 1 heterocycles. The Morgan fingerprint density at radius 3 is 3.05 bits per heavy atom. The summed E-state index contributed by atoms with van der Waals surface area (Å²) < 4.78 is 11.9. The highest BCUT2D eigenvalue weighted by molar-refractivity contribution is 9.10. The lowest BCUT2D eigenvalue weighted by Crippen LogP contribution is -2.30. The van der Waals surface area contributed by atoms with Crippen LogP contribution in [0.5, 0.6) is 5.75 Å². The Kier molecular flexibility index (Phi) is 6.29. The summed E-state index contributed by atoms with van der Waals surface area (Å²) in [5.41, 5.74) is 2.59. The quantitative estimate of drug-likeness (QED) is 0.733. The first kappa shape index (κ1) is 15.8. The van der Waals surface area contributed by atoms with Gasteiger partial charge in [-0.3, -0.25) is 0 Å². The molecule has 0 bridgehead atoms. The molecule has 1 aromatic rings. The molecule has 0 spiro atoms. The number of hydrogen-bond acceptors (Lipinski definition) is 4. The van der Waals surface area contributed by atoms with Gasteiger partial charge in [0.05, 0.1) is 13.2 Å². The summed E-state index contributed by atoms with van der Waals surface area (Å²) in [6.45, 7) is 5.35. The molecule has 0 aromatic heterocycles. The topological polar surface area (TPSA) is 33.7 Å². The highest BCUT2D eigenvalue weighted by Crippen LogP contribution is 2.33. The molecule has 1 aromatic carbocycles. The monoisotopic (exact) mass is 342 g/mol. The first-order chi connectivity index (χ1) is 9.70. The zero-order chi connectivity index (χ0) is 14.4. The molecule has 0 amide bonds. The number of ether oxygens (including phenoxy) is 2. The fraction of sp³-hybridized carbons (Fsp3) is 0.600. The predicted octanol–water partition coefficient (Wildman–Crippen LogP) is 2.05. The van der Waals surface area contributed by atoms with E-state index in [1.807, 2.05) is 0 Å². The number of nitrogens with zero attached hydrogens (tertiary/aromatic N) is 1. The third kappa shape index (κ3) is 4.45. The largest absolute Gasteiger partial charge is 0.493 e. The van der Waals surface area contributed by atoms with Gasteiger partial charge in [0.2, 0.25) is 0 Å². The molecule has 112 valence electrons. The van der Waals surface area contributed by atoms with E-state index >= 15 is 0 Å². The number of rotatable bonds is 8. The Morgan fingerprint density at radius 2 is 2.25 bits per heavy atom. The van der Waals surface area contributed by atoms with Crippen LogP contribution in [-0.2, 0) is 17.7 Å². The molecule has 0 atom stereocenters. The molecule has 0 radical (unpaired) electrons. The van der Waals surface area contributed by atoms with Crippen LogP contribution in [0.1, 0.15) is 11.1 Å². The Bertz CT molecular complexity index is 440. The maximum absolute atomic E-state index is 5.76. The highest BCUT2D eigenvalue weighted by atomic mass is 79.9. The number of hydrogen-bond donors (Lipinski definition) is 1. The van der Waals surface area contributed by atoms with Gasteiger partial charge in [-0.05, 0) is 24.7 Å². The maximum Gasteiger partial charge on any atom is 0.127 e. The second-order valence-electron chi connectivity index (χ2n) is 5.13. The van der Waals surface area contributed by atoms with E-state index in [2.05, 4.69) is 45.3 Å². The van der Waals surface area contributed by atoms with E-state index in [0.717, 1.165) is 56.0 Å². The molecule has 1 aliphatic rings. The molecule has 20 heavy (non-hydrogen) atoms. The third-order valence-electron chi connectivity index (χ3n) is 3.42. The smallest absolute Gasteiger partial charge is 0.127 e. The zero-order valence-corrected chi connectivity index (χ0v) is 13.8. The Hall–Kier alpha value is -0.620. The van der Waals surface area contributed by atoms with Gasteiger partial charge in [0.1, 0.15) is 5.75 Å². The molecular weight excluding hydrogens is 320 g/mol. The van der Waals surface area contributed by atoms with Gasteiger partial charge in [0, 0.05) is 49.7 Å². The lowest BCUT2D eigenvalue weighted by molar-refractivity contribution is 0.197. The summed E-state index contributed by atoms with van der Waals surface area (Å²) in [7, 11) is 3.86. The highest BCUT2D eigenvalue weighted by Gasteiger charge is 2.18. The maximum atomic E-state index is 5.76. The van der Waals surface area contributed by atoms with Crippen molar-refractivity contribution in [3.63, 3.8) is 0 Å². The molecule has 0 aliphatic carbocycles. The van der Waals surface area contributed by atoms with Crippen LogP contribution in [0.2, 0.25) is 0 Å². The first-order valence-corrected chi connectivity index (χ1v) is 7.82. The molecule has 1 N–H and O–H groups in total. The minimum Gasteiger partial charge on any atom is -0.493 e. The molecule has 0 unspecified atom stereocenters. The minimum atomic E-state index is 0.761. The van der Waals surface area contributed by atoms with Gasteiger partial charge in [0.25, 0.3) is 0 Å². The van der Waals surface area contributed by atoms with Crippen molar-refractivity contribution < 1.29 is 9.47 Å². The predicted molar refractivity (Wildman–Crippen MR) is 84.4 cm³/mol. The molecule has 2 rings (SSSR count). The first-order valence-electron chi connectivity index (χ1n) is 7.03. The molecular formula is C15H23BrN2O2. The Morgan fingerprint density at radius 1 is 1.40 bits per heavy atom. The van der Waals surface area contributed by atoms with Gasteiger partial charge in [-0.2, -0.15) is 0 Å². The average molecular weight is 343 g/mol. The SMILES string of the molecule is COCCNCCN(C)Cc1cc(Br)cc2c1OCC2. The summed E-state index contributed by atoms with van der Waals surface area (Å²) in [4.78, 5) is 2.31. The van der Waals surface area contributed by atoms with E-state index in [9.17, 15) is 0 Å². The Balaban J connectivity index is 1.84. The lowest BCUT2D eigenvalue weighted by atomic mass is 10.1. The van der Waals surface area contributed by atoms with Crippen LogP contribution < -0.4 is 10.1 Å². The van der Waals surface area contributed by atoms with E-state index < -0.39 is 0 Å². The number of benzene rings is 1. The van der Waals surface area contributed by atoms with Crippen LogP contribution in [0.4, 0.5) is 0 Å². The standard InChI is InChI=1S/C15H23BrN2O2/c1-18(6-4-17-5-8-19-2)11-13-10-14(16)9-12-3-7-20-15(12)13/h9-10,17H,3-8,11H2,1-2H3. The van der Waals surface area contributed by atoms with E-state index in [1.165, 1.54) is 11.1 Å². The van der Waals surface area contributed by atoms with Crippen molar-refractivity contribution in [1.29, 1.82) is 0 Å². The van der Waals surface area contributed by atoms with Crippen LogP contribution >= 0.6 is 15.9 Å². The van der Waals surface area contributed by atoms with E-state index in [-0.39, 0.29) is 0 Å². The van der Waals surface area contributed by atoms with Crippen molar-refractivity contribution in [3.8, 4) is 5.75 Å². The molecule has 4 nitrogen and oxygen atoms in total. The van der Waals surface area contributed by atoms with Gasteiger partial charge in [-0.15, -0.1) is 0 Å². The van der Waals surface area contributed by atoms with E-state index in [1.54, 1.807) is 7.11 Å². The van der Waals surface area contributed by atoms with Gasteiger partial charge >= 0.3 is 0 Å². The van der Waals surface area contributed by atoms with Gasteiger partial charge in [-0.25, -0.2) is 0 Å². The van der Waals surface area contributed by atoms with E-state index in [4.69, 9.17) is 9.47 Å². The summed E-state index contributed by atoms with van der Waals surface area (Å²) in [6.07, 6.45) is 1.02. The lowest BCUT2D eigenvalue weighted by Gasteiger charge is -2.19. The van der Waals surface area contributed by atoms with Crippen molar-refractivity contribution in [2.24, 2.45) is 0 Å². The average Bonchev–Trinajstić information content (AvgIpc) is 2.86. The minimum absolute atomic E-state index is 0.761. The molecule has 0 saturated carbocycles. The number of nitrogens with one attached hydrogen (secondary N) is 1.